The van der Waals surface area contributed by atoms with E-state index in [0.29, 0.717) is 6.42 Å². The van der Waals surface area contributed by atoms with Crippen molar-refractivity contribution in [3.63, 3.8) is 0 Å². The molecule has 0 aliphatic heterocycles. The van der Waals surface area contributed by atoms with Gasteiger partial charge in [-0.2, -0.15) is 5.10 Å². The average Bonchev–Trinajstić information content (AvgIpc) is 2.75. The lowest BCUT2D eigenvalue weighted by Crippen LogP contribution is -2.04. The van der Waals surface area contributed by atoms with Gasteiger partial charge in [-0.25, -0.2) is 4.79 Å². The fraction of sp³-hybridized carbons (Fsp3) is 0.200. The van der Waals surface area contributed by atoms with Crippen LogP contribution in [0.4, 0.5) is 0 Å². The standard InChI is InChI=1S/C10H10N2O2S/c1-12-9(10(13)14)6-7(11-12)5-8-3-2-4-15-8/h2-4,6H,5H2,1H3,(H,13,14). The molecule has 0 aliphatic rings. The minimum absolute atomic E-state index is 0.224. The number of carbonyl (C=O) groups is 1. The lowest BCUT2D eigenvalue weighted by Gasteiger charge is -1.92. The first-order chi connectivity index (χ1) is 7.16. The van der Waals surface area contributed by atoms with Crippen LogP contribution in [-0.4, -0.2) is 20.9 Å². The Morgan fingerprint density at radius 1 is 1.67 bits per heavy atom. The van der Waals surface area contributed by atoms with Crippen molar-refractivity contribution in [1.29, 1.82) is 0 Å². The summed E-state index contributed by atoms with van der Waals surface area (Å²) in [5, 5.41) is 15.0. The number of carboxylic acid groups (broad SMARTS) is 1. The van der Waals surface area contributed by atoms with E-state index in [-0.39, 0.29) is 5.69 Å². The largest absolute Gasteiger partial charge is 0.477 e. The minimum Gasteiger partial charge on any atom is -0.477 e. The molecule has 5 heteroatoms. The second kappa shape index (κ2) is 3.86. The van der Waals surface area contributed by atoms with Gasteiger partial charge in [0.15, 0.2) is 0 Å². The summed E-state index contributed by atoms with van der Waals surface area (Å²) in [7, 11) is 1.64. The highest BCUT2D eigenvalue weighted by atomic mass is 32.1. The van der Waals surface area contributed by atoms with Gasteiger partial charge in [0.1, 0.15) is 5.69 Å². The second-order valence-corrected chi connectivity index (χ2v) is 4.24. The highest BCUT2D eigenvalue weighted by Gasteiger charge is 2.11. The third kappa shape index (κ3) is 2.07. The molecule has 0 saturated carbocycles. The summed E-state index contributed by atoms with van der Waals surface area (Å²) < 4.78 is 1.39. The van der Waals surface area contributed by atoms with E-state index in [0.717, 1.165) is 5.69 Å². The summed E-state index contributed by atoms with van der Waals surface area (Å²) in [5.74, 6) is -0.942. The van der Waals surface area contributed by atoms with Crippen molar-refractivity contribution < 1.29 is 9.90 Å². The zero-order valence-electron chi connectivity index (χ0n) is 8.17. The van der Waals surface area contributed by atoms with Crippen LogP contribution in [0.3, 0.4) is 0 Å². The molecular formula is C10H10N2O2S. The molecule has 4 nitrogen and oxygen atoms in total. The number of nitrogens with zero attached hydrogens (tertiary/aromatic N) is 2. The van der Waals surface area contributed by atoms with Gasteiger partial charge in [-0.1, -0.05) is 6.07 Å². The molecule has 1 N–H and O–H groups in total. The highest BCUT2D eigenvalue weighted by Crippen LogP contribution is 2.14. The van der Waals surface area contributed by atoms with Gasteiger partial charge in [0.25, 0.3) is 0 Å². The Labute approximate surface area is 90.8 Å². The molecule has 2 heterocycles. The molecule has 0 spiro atoms. The van der Waals surface area contributed by atoms with E-state index in [9.17, 15) is 4.79 Å². The second-order valence-electron chi connectivity index (χ2n) is 3.21. The molecule has 15 heavy (non-hydrogen) atoms. The summed E-state index contributed by atoms with van der Waals surface area (Å²) in [5.41, 5.74) is 1.01. The van der Waals surface area contributed by atoms with Gasteiger partial charge in [0, 0.05) is 18.3 Å². The van der Waals surface area contributed by atoms with Crippen LogP contribution in [0.1, 0.15) is 21.1 Å². The van der Waals surface area contributed by atoms with E-state index in [4.69, 9.17) is 5.11 Å². The van der Waals surface area contributed by atoms with E-state index >= 15 is 0 Å². The molecule has 0 amide bonds. The van der Waals surface area contributed by atoms with E-state index in [1.54, 1.807) is 24.5 Å². The maximum Gasteiger partial charge on any atom is 0.354 e. The third-order valence-electron chi connectivity index (χ3n) is 2.08. The number of aromatic carboxylic acids is 1. The van der Waals surface area contributed by atoms with Gasteiger partial charge in [-0.05, 0) is 17.5 Å². The molecule has 0 bridgehead atoms. The summed E-state index contributed by atoms with van der Waals surface area (Å²) >= 11 is 1.64. The molecule has 0 fully saturated rings. The zero-order valence-corrected chi connectivity index (χ0v) is 8.99. The number of hydrogen-bond donors (Lipinski definition) is 1. The van der Waals surface area contributed by atoms with Crippen LogP contribution in [0.2, 0.25) is 0 Å². The van der Waals surface area contributed by atoms with Gasteiger partial charge >= 0.3 is 5.97 Å². The van der Waals surface area contributed by atoms with Crippen molar-refractivity contribution >= 4 is 17.3 Å². The predicted octanol–water partition coefficient (Wildman–Crippen LogP) is 1.77. The van der Waals surface area contributed by atoms with E-state index < -0.39 is 5.97 Å². The van der Waals surface area contributed by atoms with Gasteiger partial charge in [-0.3, -0.25) is 4.68 Å². The van der Waals surface area contributed by atoms with Crippen molar-refractivity contribution in [2.24, 2.45) is 7.05 Å². The predicted molar refractivity (Wildman–Crippen MR) is 57.3 cm³/mol. The Bertz CT molecular complexity index is 474. The number of carboxylic acids is 1. The number of aryl methyl sites for hydroxylation is 1. The van der Waals surface area contributed by atoms with Crippen LogP contribution >= 0.6 is 11.3 Å². The number of aromatic nitrogens is 2. The summed E-state index contributed by atoms with van der Waals surface area (Å²) in [6, 6.07) is 5.60. The van der Waals surface area contributed by atoms with Crippen molar-refractivity contribution in [3.05, 3.63) is 39.8 Å². The van der Waals surface area contributed by atoms with Crippen molar-refractivity contribution in [2.75, 3.05) is 0 Å². The van der Waals surface area contributed by atoms with Crippen LogP contribution in [0, 0.1) is 0 Å². The normalized spacial score (nSPS) is 10.5. The van der Waals surface area contributed by atoms with Crippen LogP contribution in [0.5, 0.6) is 0 Å². The molecule has 2 aromatic rings. The molecule has 2 rings (SSSR count). The smallest absolute Gasteiger partial charge is 0.354 e. The van der Waals surface area contributed by atoms with E-state index in [1.807, 2.05) is 17.5 Å². The first kappa shape index (κ1) is 9.92. The molecule has 0 aliphatic carbocycles. The lowest BCUT2D eigenvalue weighted by molar-refractivity contribution is 0.0685. The SMILES string of the molecule is Cn1nc(Cc2cccs2)cc1C(=O)O. The lowest BCUT2D eigenvalue weighted by atomic mass is 10.2. The Morgan fingerprint density at radius 3 is 3.00 bits per heavy atom. The van der Waals surface area contributed by atoms with E-state index in [2.05, 4.69) is 5.10 Å². The summed E-state index contributed by atoms with van der Waals surface area (Å²) in [6.07, 6.45) is 0.693. The monoisotopic (exact) mass is 222 g/mol. The third-order valence-corrected chi connectivity index (χ3v) is 2.96. The molecule has 0 saturated heterocycles. The van der Waals surface area contributed by atoms with E-state index in [1.165, 1.54) is 9.56 Å². The molecule has 0 aromatic carbocycles. The molecule has 0 unspecified atom stereocenters. The zero-order chi connectivity index (χ0) is 10.8. The van der Waals surface area contributed by atoms with Crippen LogP contribution in [0.15, 0.2) is 23.6 Å². The highest BCUT2D eigenvalue weighted by molar-refractivity contribution is 7.09. The summed E-state index contributed by atoms with van der Waals surface area (Å²) in [4.78, 5) is 12.0. The summed E-state index contributed by atoms with van der Waals surface area (Å²) in [6.45, 7) is 0. The van der Waals surface area contributed by atoms with Crippen LogP contribution in [0.25, 0.3) is 0 Å². The fourth-order valence-corrected chi connectivity index (χ4v) is 2.13. The fourth-order valence-electron chi connectivity index (χ4n) is 1.40. The maximum absolute atomic E-state index is 10.8. The van der Waals surface area contributed by atoms with Gasteiger partial charge in [0.05, 0.1) is 5.69 Å². The number of hydrogen-bond acceptors (Lipinski definition) is 3. The van der Waals surface area contributed by atoms with Gasteiger partial charge in [0.2, 0.25) is 0 Å². The Morgan fingerprint density at radius 2 is 2.47 bits per heavy atom. The van der Waals surface area contributed by atoms with Crippen molar-refractivity contribution in [2.45, 2.75) is 6.42 Å². The molecule has 0 radical (unpaired) electrons. The molecular weight excluding hydrogens is 212 g/mol. The topological polar surface area (TPSA) is 55.1 Å². The first-order valence-corrected chi connectivity index (χ1v) is 5.33. The minimum atomic E-state index is -0.942. The quantitative estimate of drug-likeness (QED) is 0.861. The molecule has 2 aromatic heterocycles. The Hall–Kier alpha value is -1.62. The first-order valence-electron chi connectivity index (χ1n) is 4.45. The molecule has 0 atom stereocenters. The molecule has 78 valence electrons. The van der Waals surface area contributed by atoms with Crippen LogP contribution in [-0.2, 0) is 13.5 Å². The van der Waals surface area contributed by atoms with Gasteiger partial charge in [-0.15, -0.1) is 11.3 Å². The average molecular weight is 222 g/mol. The number of rotatable bonds is 3. The van der Waals surface area contributed by atoms with Gasteiger partial charge < -0.3 is 5.11 Å². The number of thiophene rings is 1. The Kier molecular flexibility index (Phi) is 2.55. The van der Waals surface area contributed by atoms with Crippen molar-refractivity contribution in [1.82, 2.24) is 9.78 Å². The van der Waals surface area contributed by atoms with Crippen molar-refractivity contribution in [3.8, 4) is 0 Å². The maximum atomic E-state index is 10.8. The Balaban J connectivity index is 2.23. The van der Waals surface area contributed by atoms with Crippen LogP contribution < -0.4 is 0 Å².